The molecule has 0 radical (unpaired) electrons. The average molecular weight is 562 g/mol. The first kappa shape index (κ1) is 28.3. The van der Waals surface area contributed by atoms with E-state index in [9.17, 15) is 4.79 Å². The number of benzene rings is 1. The van der Waals surface area contributed by atoms with Gasteiger partial charge in [-0.15, -0.1) is 26.7 Å². The summed E-state index contributed by atoms with van der Waals surface area (Å²) in [6, 6.07) is 3.87. The molecule has 0 saturated carbocycles. The van der Waals surface area contributed by atoms with E-state index in [-0.39, 0.29) is 18.6 Å². The Morgan fingerprint density at radius 2 is 1.95 bits per heavy atom. The summed E-state index contributed by atoms with van der Waals surface area (Å²) in [5.74, 6) is 0.878. The zero-order valence-corrected chi connectivity index (χ0v) is 24.0. The fraction of sp³-hybridized carbons (Fsp3) is 0.308. The van der Waals surface area contributed by atoms with E-state index in [2.05, 4.69) is 61.6 Å². The Bertz CT molecular complexity index is 1510. The van der Waals surface area contributed by atoms with Crippen LogP contribution >= 0.6 is 11.3 Å². The Morgan fingerprint density at radius 1 is 1.20 bits per heavy atom. The number of nitrogens with one attached hydrogen (secondary N) is 2. The highest BCUT2D eigenvalue weighted by molar-refractivity contribution is 7.12. The molecule has 0 bridgehead atoms. The zero-order chi connectivity index (χ0) is 28.8. The van der Waals surface area contributed by atoms with Crippen LogP contribution in [0.2, 0.25) is 0 Å². The number of esters is 1. The fourth-order valence-corrected chi connectivity index (χ4v) is 4.41. The highest BCUT2D eigenvalue weighted by atomic mass is 32.1. The molecule has 208 valence electrons. The number of carbonyl (C=O) groups is 1. The van der Waals surface area contributed by atoms with Gasteiger partial charge in [-0.3, -0.25) is 0 Å². The molecule has 4 aromatic rings. The molecule has 3 aromatic heterocycles. The highest BCUT2D eigenvalue weighted by Gasteiger charge is 2.20. The summed E-state index contributed by atoms with van der Waals surface area (Å²) in [7, 11) is 3.70. The Balaban J connectivity index is 1.73. The summed E-state index contributed by atoms with van der Waals surface area (Å²) in [5.41, 5.74) is 4.58. The molecule has 40 heavy (non-hydrogen) atoms. The number of hydrogen-bond acceptors (Lipinski definition) is 13. The van der Waals surface area contributed by atoms with Crippen LogP contribution in [-0.4, -0.2) is 62.4 Å². The maximum atomic E-state index is 11.6. The lowest BCUT2D eigenvalue weighted by Crippen LogP contribution is -2.24. The van der Waals surface area contributed by atoms with Crippen LogP contribution in [0, 0.1) is 20.8 Å². The molecule has 1 aromatic carbocycles. The van der Waals surface area contributed by atoms with Crippen molar-refractivity contribution < 1.29 is 9.53 Å². The first-order valence-corrected chi connectivity index (χ1v) is 13.3. The quantitative estimate of drug-likeness (QED) is 0.142. The van der Waals surface area contributed by atoms with Crippen molar-refractivity contribution in [2.75, 3.05) is 36.2 Å². The van der Waals surface area contributed by atoms with E-state index in [1.54, 1.807) is 6.20 Å². The van der Waals surface area contributed by atoms with Gasteiger partial charge in [-0.05, 0) is 38.8 Å². The second kappa shape index (κ2) is 12.4. The Kier molecular flexibility index (Phi) is 8.79. The van der Waals surface area contributed by atoms with Gasteiger partial charge in [-0.1, -0.05) is 24.3 Å². The van der Waals surface area contributed by atoms with E-state index in [4.69, 9.17) is 14.7 Å². The number of thiazole rings is 1. The van der Waals surface area contributed by atoms with Gasteiger partial charge in [-0.2, -0.15) is 19.6 Å². The molecule has 3 heterocycles. The van der Waals surface area contributed by atoms with Crippen LogP contribution in [-0.2, 0) is 9.53 Å². The van der Waals surface area contributed by atoms with E-state index in [1.807, 2.05) is 45.1 Å². The van der Waals surface area contributed by atoms with Crippen LogP contribution in [0.3, 0.4) is 0 Å². The topological polar surface area (TPSA) is 148 Å². The van der Waals surface area contributed by atoms with Crippen molar-refractivity contribution in [3.05, 3.63) is 59.4 Å². The van der Waals surface area contributed by atoms with Gasteiger partial charge in [0.15, 0.2) is 17.3 Å². The van der Waals surface area contributed by atoms with Gasteiger partial charge in [-0.25, -0.2) is 9.78 Å². The third-order valence-electron chi connectivity index (χ3n) is 5.56. The molecule has 14 heteroatoms. The van der Waals surface area contributed by atoms with Crippen molar-refractivity contribution in [1.29, 1.82) is 0 Å². The largest absolute Gasteiger partial charge is 0.460 e. The molecule has 0 amide bonds. The minimum absolute atomic E-state index is 0.0848. The van der Waals surface area contributed by atoms with Gasteiger partial charge in [0.25, 0.3) is 5.95 Å². The molecule has 0 fully saturated rings. The molecule has 0 saturated heterocycles. The second-order valence-electron chi connectivity index (χ2n) is 9.24. The normalized spacial score (nSPS) is 11.8. The number of aromatic nitrogens is 6. The lowest BCUT2D eigenvalue weighted by Gasteiger charge is -2.21. The van der Waals surface area contributed by atoms with Crippen molar-refractivity contribution in [1.82, 2.24) is 29.7 Å². The number of hydrogen-bond donors (Lipinski definition) is 2. The fourth-order valence-electron chi connectivity index (χ4n) is 3.85. The number of aryl methyl sites for hydroxylation is 3. The zero-order valence-electron chi connectivity index (χ0n) is 23.2. The third kappa shape index (κ3) is 6.83. The first-order chi connectivity index (χ1) is 19.1. The maximum absolute atomic E-state index is 11.6. The van der Waals surface area contributed by atoms with Crippen LogP contribution < -0.4 is 15.5 Å². The van der Waals surface area contributed by atoms with E-state index >= 15 is 0 Å². The number of anilines is 4. The summed E-state index contributed by atoms with van der Waals surface area (Å²) >= 11 is 1.42. The lowest BCUT2D eigenvalue weighted by molar-refractivity contribution is -0.137. The smallest absolute Gasteiger partial charge is 0.330 e. The molecule has 4 rings (SSSR count). The van der Waals surface area contributed by atoms with E-state index < -0.39 is 5.97 Å². The summed E-state index contributed by atoms with van der Waals surface area (Å²) in [4.78, 5) is 31.3. The van der Waals surface area contributed by atoms with Crippen molar-refractivity contribution in [3.63, 3.8) is 0 Å². The number of nitrogens with zero attached hydrogens (tertiary/aromatic N) is 9. The number of ether oxygens (including phenoxy) is 1. The molecule has 0 aliphatic heterocycles. The highest BCUT2D eigenvalue weighted by Crippen LogP contribution is 2.36. The van der Waals surface area contributed by atoms with Crippen LogP contribution in [0.25, 0.3) is 5.13 Å². The van der Waals surface area contributed by atoms with Crippen LogP contribution in [0.5, 0.6) is 0 Å². The van der Waals surface area contributed by atoms with Crippen LogP contribution in [0.15, 0.2) is 52.9 Å². The van der Waals surface area contributed by atoms with Crippen molar-refractivity contribution in [2.24, 2.45) is 10.2 Å². The van der Waals surface area contributed by atoms with Gasteiger partial charge >= 0.3 is 5.97 Å². The van der Waals surface area contributed by atoms with E-state index in [0.717, 1.165) is 22.9 Å². The SMILES string of the molecule is C=CC(=O)OCC(C)Nc1nc(Nc2c(C)cc(C)cc2C)nc(N(C)C)c1N=Nc1ncn(-c2nccs2)n1. The summed E-state index contributed by atoms with van der Waals surface area (Å²) in [6.45, 7) is 11.5. The molecular weight excluding hydrogens is 530 g/mol. The molecular formula is C26H31N11O2S. The standard InChI is InChI=1S/C26H31N11O2S/c1-8-19(38)39-13-18(5)29-22-21(33-34-24-28-14-37(35-24)26-27-9-10-40-26)23(36(6)7)32-25(31-22)30-20-16(3)11-15(2)12-17(20)4/h8-12,14,18H,1,13H2,2-7H3,(H2,29,30,31,32). The molecule has 1 unspecified atom stereocenters. The average Bonchev–Trinajstić information content (AvgIpc) is 3.60. The lowest BCUT2D eigenvalue weighted by atomic mass is 10.1. The van der Waals surface area contributed by atoms with Crippen molar-refractivity contribution in [3.8, 4) is 5.13 Å². The van der Waals surface area contributed by atoms with Gasteiger partial charge in [0.2, 0.25) is 11.1 Å². The molecule has 0 spiro atoms. The van der Waals surface area contributed by atoms with E-state index in [1.165, 1.54) is 27.9 Å². The summed E-state index contributed by atoms with van der Waals surface area (Å²) in [6.07, 6.45) is 4.32. The summed E-state index contributed by atoms with van der Waals surface area (Å²) in [5, 5.41) is 22.2. The summed E-state index contributed by atoms with van der Waals surface area (Å²) < 4.78 is 6.73. The minimum atomic E-state index is -0.514. The Labute approximate surface area is 236 Å². The van der Waals surface area contributed by atoms with Gasteiger partial charge < -0.3 is 20.3 Å². The minimum Gasteiger partial charge on any atom is -0.460 e. The Hall–Kier alpha value is -4.72. The van der Waals surface area contributed by atoms with Crippen molar-refractivity contribution >= 4 is 52.2 Å². The number of rotatable bonds is 11. The van der Waals surface area contributed by atoms with Crippen LogP contribution in [0.4, 0.5) is 34.9 Å². The van der Waals surface area contributed by atoms with Gasteiger partial charge in [0.1, 0.15) is 12.9 Å². The van der Waals surface area contributed by atoms with E-state index in [0.29, 0.717) is 28.4 Å². The molecule has 0 aliphatic carbocycles. The molecule has 13 nitrogen and oxygen atoms in total. The number of azo groups is 1. The Morgan fingerprint density at radius 3 is 2.60 bits per heavy atom. The predicted octanol–water partition coefficient (Wildman–Crippen LogP) is 5.19. The molecule has 0 aliphatic rings. The van der Waals surface area contributed by atoms with Crippen molar-refractivity contribution in [2.45, 2.75) is 33.7 Å². The monoisotopic (exact) mass is 561 g/mol. The maximum Gasteiger partial charge on any atom is 0.330 e. The van der Waals surface area contributed by atoms with Gasteiger partial charge in [0.05, 0.1) is 6.04 Å². The first-order valence-electron chi connectivity index (χ1n) is 12.4. The molecule has 1 atom stereocenters. The van der Waals surface area contributed by atoms with Gasteiger partial charge in [0, 0.05) is 37.4 Å². The number of carbonyl (C=O) groups excluding carboxylic acids is 1. The molecule has 2 N–H and O–H groups in total. The van der Waals surface area contributed by atoms with Crippen LogP contribution in [0.1, 0.15) is 23.6 Å². The third-order valence-corrected chi connectivity index (χ3v) is 6.32. The second-order valence-corrected chi connectivity index (χ2v) is 10.1. The predicted molar refractivity (Wildman–Crippen MR) is 156 cm³/mol.